The van der Waals surface area contributed by atoms with Crippen molar-refractivity contribution < 1.29 is 19.4 Å². The fourth-order valence-electron chi connectivity index (χ4n) is 2.77. The smallest absolute Gasteiger partial charge is 0.336 e. The SMILES string of the molecule is COC(=O)[C@H](O)[C@H](Cc1ccccc1)NC(=O)c1cc2cc(Cl)ncc2[nH]1. The van der Waals surface area contributed by atoms with Gasteiger partial charge in [0.2, 0.25) is 0 Å². The third-order valence-electron chi connectivity index (χ3n) is 4.16. The number of nitrogens with zero attached hydrogens (tertiary/aromatic N) is 1. The highest BCUT2D eigenvalue weighted by atomic mass is 35.5. The molecule has 3 aromatic rings. The third-order valence-corrected chi connectivity index (χ3v) is 4.36. The lowest BCUT2D eigenvalue weighted by Crippen LogP contribution is -2.48. The van der Waals surface area contributed by atoms with Crippen LogP contribution in [0.2, 0.25) is 5.15 Å². The van der Waals surface area contributed by atoms with Gasteiger partial charge in [0.05, 0.1) is 24.9 Å². The number of H-pyrrole nitrogens is 1. The van der Waals surface area contributed by atoms with Gasteiger partial charge in [-0.1, -0.05) is 41.9 Å². The molecule has 0 saturated carbocycles. The molecule has 0 radical (unpaired) electrons. The van der Waals surface area contributed by atoms with Crippen molar-refractivity contribution in [3.05, 3.63) is 65.1 Å². The minimum absolute atomic E-state index is 0.260. The number of carbonyl (C=O) groups is 2. The minimum atomic E-state index is -1.50. The molecule has 1 aromatic carbocycles. The summed E-state index contributed by atoms with van der Waals surface area (Å²) in [4.78, 5) is 31.3. The van der Waals surface area contributed by atoms with Crippen molar-refractivity contribution in [3.8, 4) is 0 Å². The fraction of sp³-hybridized carbons (Fsp3) is 0.211. The first-order valence-corrected chi connectivity index (χ1v) is 8.60. The molecular formula is C19H18ClN3O4. The highest BCUT2D eigenvalue weighted by Crippen LogP contribution is 2.18. The number of hydrogen-bond donors (Lipinski definition) is 3. The lowest BCUT2D eigenvalue weighted by atomic mass is 10.0. The zero-order valence-corrected chi connectivity index (χ0v) is 15.2. The highest BCUT2D eigenvalue weighted by molar-refractivity contribution is 6.30. The van der Waals surface area contributed by atoms with Crippen LogP contribution < -0.4 is 5.32 Å². The summed E-state index contributed by atoms with van der Waals surface area (Å²) in [6.45, 7) is 0. The number of nitrogens with one attached hydrogen (secondary N) is 2. The lowest BCUT2D eigenvalue weighted by Gasteiger charge is -2.22. The number of rotatable bonds is 6. The molecule has 2 atom stereocenters. The number of amides is 1. The van der Waals surface area contributed by atoms with Crippen molar-refractivity contribution in [1.29, 1.82) is 0 Å². The van der Waals surface area contributed by atoms with Crippen molar-refractivity contribution >= 4 is 34.4 Å². The molecule has 0 aliphatic carbocycles. The molecule has 0 fully saturated rings. The maximum absolute atomic E-state index is 12.7. The maximum atomic E-state index is 12.7. The zero-order valence-electron chi connectivity index (χ0n) is 14.5. The van der Waals surface area contributed by atoms with E-state index >= 15 is 0 Å². The van der Waals surface area contributed by atoms with Gasteiger partial charge >= 0.3 is 5.97 Å². The number of pyridine rings is 1. The largest absolute Gasteiger partial charge is 0.467 e. The molecule has 2 aromatic heterocycles. The van der Waals surface area contributed by atoms with Gasteiger partial charge in [-0.2, -0.15) is 0 Å². The molecular weight excluding hydrogens is 370 g/mol. The number of aliphatic hydroxyl groups is 1. The number of benzene rings is 1. The molecule has 1 amide bonds. The first kappa shape index (κ1) is 18.9. The van der Waals surface area contributed by atoms with Gasteiger partial charge in [0.15, 0.2) is 6.10 Å². The summed E-state index contributed by atoms with van der Waals surface area (Å²) in [6, 6.07) is 11.6. The topological polar surface area (TPSA) is 104 Å². The van der Waals surface area contributed by atoms with E-state index < -0.39 is 24.0 Å². The molecule has 2 heterocycles. The zero-order chi connectivity index (χ0) is 19.4. The van der Waals surface area contributed by atoms with Crippen LogP contribution in [0, 0.1) is 0 Å². The first-order chi connectivity index (χ1) is 13.0. The van der Waals surface area contributed by atoms with E-state index in [9.17, 15) is 14.7 Å². The van der Waals surface area contributed by atoms with E-state index in [4.69, 9.17) is 11.6 Å². The molecule has 0 saturated heterocycles. The van der Waals surface area contributed by atoms with Gasteiger partial charge in [-0.25, -0.2) is 9.78 Å². The van der Waals surface area contributed by atoms with Crippen molar-refractivity contribution in [2.45, 2.75) is 18.6 Å². The van der Waals surface area contributed by atoms with E-state index in [-0.39, 0.29) is 12.1 Å². The Kier molecular flexibility index (Phi) is 5.73. The first-order valence-electron chi connectivity index (χ1n) is 8.23. The molecule has 27 heavy (non-hydrogen) atoms. The summed E-state index contributed by atoms with van der Waals surface area (Å²) in [5.41, 5.74) is 1.78. The second kappa shape index (κ2) is 8.20. The summed E-state index contributed by atoms with van der Waals surface area (Å²) in [5, 5.41) is 14.0. The Hall–Kier alpha value is -2.90. The Morgan fingerprint density at radius 2 is 2.04 bits per heavy atom. The van der Waals surface area contributed by atoms with Gasteiger partial charge in [-0.05, 0) is 24.1 Å². The van der Waals surface area contributed by atoms with Crippen LogP contribution in [0.15, 0.2) is 48.7 Å². The molecule has 140 valence electrons. The maximum Gasteiger partial charge on any atom is 0.336 e. The van der Waals surface area contributed by atoms with Gasteiger partial charge < -0.3 is 20.1 Å². The second-order valence-electron chi connectivity index (χ2n) is 6.01. The van der Waals surface area contributed by atoms with Crippen LogP contribution in [-0.2, 0) is 16.0 Å². The van der Waals surface area contributed by atoms with Crippen LogP contribution in [0.4, 0.5) is 0 Å². The van der Waals surface area contributed by atoms with Gasteiger partial charge in [0.1, 0.15) is 10.8 Å². The number of esters is 1. The Labute approximate surface area is 160 Å². The number of fused-ring (bicyclic) bond motifs is 1. The van der Waals surface area contributed by atoms with Crippen molar-refractivity contribution in [1.82, 2.24) is 15.3 Å². The standard InChI is InChI=1S/C19H18ClN3O4/c1-27-19(26)17(24)13(7-11-5-3-2-4-6-11)23-18(25)14-8-12-9-16(20)21-10-15(12)22-14/h2-6,8-10,13,17,22,24H,7H2,1H3,(H,23,25)/t13-,17+/m0/s1. The van der Waals surface area contributed by atoms with Crippen LogP contribution >= 0.6 is 11.6 Å². The van der Waals surface area contributed by atoms with Crippen LogP contribution in [0.25, 0.3) is 10.9 Å². The minimum Gasteiger partial charge on any atom is -0.467 e. The van der Waals surface area contributed by atoms with Crippen molar-refractivity contribution in [2.24, 2.45) is 0 Å². The van der Waals surface area contributed by atoms with Gasteiger partial charge in [-0.15, -0.1) is 0 Å². The van der Waals surface area contributed by atoms with E-state index in [1.165, 1.54) is 13.3 Å². The van der Waals surface area contributed by atoms with Crippen LogP contribution in [-0.4, -0.2) is 46.2 Å². The molecule has 0 bridgehead atoms. The summed E-state index contributed by atoms with van der Waals surface area (Å²) in [7, 11) is 1.18. The van der Waals surface area contributed by atoms with Gasteiger partial charge in [-0.3, -0.25) is 4.79 Å². The van der Waals surface area contributed by atoms with Crippen molar-refractivity contribution in [2.75, 3.05) is 7.11 Å². The Balaban J connectivity index is 1.82. The summed E-state index contributed by atoms with van der Waals surface area (Å²) < 4.78 is 4.61. The number of halogens is 1. The fourth-order valence-corrected chi connectivity index (χ4v) is 2.93. The third kappa shape index (κ3) is 4.45. The predicted molar refractivity (Wildman–Crippen MR) is 101 cm³/mol. The summed E-state index contributed by atoms with van der Waals surface area (Å²) in [6.07, 6.45) is 0.287. The number of methoxy groups -OCH3 is 1. The number of ether oxygens (including phenoxy) is 1. The predicted octanol–water partition coefficient (Wildman–Crippen LogP) is 2.09. The highest BCUT2D eigenvalue weighted by Gasteiger charge is 2.29. The monoisotopic (exact) mass is 387 g/mol. The molecule has 0 spiro atoms. The van der Waals surface area contributed by atoms with Crippen LogP contribution in [0.5, 0.6) is 0 Å². The second-order valence-corrected chi connectivity index (χ2v) is 6.40. The number of aromatic amines is 1. The quantitative estimate of drug-likeness (QED) is 0.444. The van der Waals surface area contributed by atoms with Gasteiger partial charge in [0.25, 0.3) is 5.91 Å². The summed E-state index contributed by atoms with van der Waals surface area (Å²) >= 11 is 5.86. The molecule has 0 aliphatic heterocycles. The van der Waals surface area contributed by atoms with E-state index in [0.717, 1.165) is 10.9 Å². The summed E-state index contributed by atoms with van der Waals surface area (Å²) in [5.74, 6) is -1.28. The van der Waals surface area contributed by atoms with E-state index in [1.54, 1.807) is 12.1 Å². The van der Waals surface area contributed by atoms with Crippen molar-refractivity contribution in [3.63, 3.8) is 0 Å². The van der Waals surface area contributed by atoms with Gasteiger partial charge in [0, 0.05) is 5.39 Å². The molecule has 3 rings (SSSR count). The molecule has 0 unspecified atom stereocenters. The Morgan fingerprint density at radius 3 is 2.74 bits per heavy atom. The van der Waals surface area contributed by atoms with Crippen LogP contribution in [0.3, 0.4) is 0 Å². The normalized spacial score (nSPS) is 13.1. The lowest BCUT2D eigenvalue weighted by molar-refractivity contribution is -0.151. The van der Waals surface area contributed by atoms with Crippen LogP contribution in [0.1, 0.15) is 16.1 Å². The van der Waals surface area contributed by atoms with E-state index in [1.807, 2.05) is 30.3 Å². The average Bonchev–Trinajstić information content (AvgIpc) is 3.10. The molecule has 0 aliphatic rings. The Bertz CT molecular complexity index is 958. The average molecular weight is 388 g/mol. The molecule has 3 N–H and O–H groups in total. The van der Waals surface area contributed by atoms with E-state index in [2.05, 4.69) is 20.0 Å². The molecule has 8 heteroatoms. The number of aliphatic hydroxyl groups excluding tert-OH is 1. The Morgan fingerprint density at radius 1 is 1.30 bits per heavy atom. The molecule has 7 nitrogen and oxygen atoms in total. The van der Waals surface area contributed by atoms with E-state index in [0.29, 0.717) is 10.7 Å². The number of carbonyl (C=O) groups excluding carboxylic acids is 2. The number of hydrogen-bond acceptors (Lipinski definition) is 5. The number of aromatic nitrogens is 2.